The molecule has 2 aromatic carbocycles. The molecule has 2 heteroatoms. The molecule has 0 bridgehead atoms. The first-order valence-corrected chi connectivity index (χ1v) is 5.55. The molecule has 0 aliphatic carbocycles. The topological polar surface area (TPSA) is 9.23 Å². The molecule has 0 heterocycles. The molecule has 0 unspecified atom stereocenters. The molecule has 0 atom stereocenters. The van der Waals surface area contributed by atoms with Gasteiger partial charge in [-0.1, -0.05) is 30.3 Å². The minimum atomic E-state index is -0.192. The van der Waals surface area contributed by atoms with Crippen LogP contribution >= 0.6 is 0 Å². The van der Waals surface area contributed by atoms with E-state index in [4.69, 9.17) is 4.74 Å². The Hall–Kier alpha value is -1.67. The van der Waals surface area contributed by atoms with Crippen LogP contribution in [-0.4, -0.2) is 7.11 Å². The number of rotatable bonds is 3. The normalized spacial score (nSPS) is 10.5. The molecule has 0 fully saturated rings. The molecule has 2 aromatic rings. The second kappa shape index (κ2) is 5.11. The number of hydrogen-bond donors (Lipinski definition) is 0. The van der Waals surface area contributed by atoms with Crippen LogP contribution in [0.5, 0.6) is 0 Å². The molecule has 0 saturated heterocycles. The van der Waals surface area contributed by atoms with E-state index < -0.39 is 0 Å². The van der Waals surface area contributed by atoms with Crippen molar-refractivity contribution < 1.29 is 9.13 Å². The van der Waals surface area contributed by atoms with E-state index in [1.54, 1.807) is 13.2 Å². The summed E-state index contributed by atoms with van der Waals surface area (Å²) in [6, 6.07) is 13.0. The Balaban J connectivity index is 2.33. The number of methoxy groups -OCH3 is 1. The molecule has 2 rings (SSSR count). The Labute approximate surface area is 101 Å². The third-order valence-corrected chi connectivity index (χ3v) is 2.76. The van der Waals surface area contributed by atoms with Gasteiger partial charge in [-0.2, -0.15) is 0 Å². The number of aryl methyl sites for hydroxylation is 1. The summed E-state index contributed by atoms with van der Waals surface area (Å²) >= 11 is 0. The standard InChI is InChI=1S/C15H15FO/c1-11-9-14(16)7-8-15(11)13-5-3-12(4-6-13)10-17-2/h3-9H,10H2,1-2H3. The summed E-state index contributed by atoms with van der Waals surface area (Å²) in [7, 11) is 1.68. The summed E-state index contributed by atoms with van der Waals surface area (Å²) in [6.45, 7) is 2.53. The third-order valence-electron chi connectivity index (χ3n) is 2.76. The van der Waals surface area contributed by atoms with Gasteiger partial charge in [-0.05, 0) is 41.3 Å². The smallest absolute Gasteiger partial charge is 0.123 e. The second-order valence-corrected chi connectivity index (χ2v) is 4.09. The largest absolute Gasteiger partial charge is 0.380 e. The molecule has 0 N–H and O–H groups in total. The van der Waals surface area contributed by atoms with Gasteiger partial charge >= 0.3 is 0 Å². The molecule has 0 radical (unpaired) electrons. The first-order chi connectivity index (χ1) is 8.20. The molecule has 0 amide bonds. The van der Waals surface area contributed by atoms with Gasteiger partial charge in [0, 0.05) is 7.11 Å². The first-order valence-electron chi connectivity index (χ1n) is 5.55. The zero-order chi connectivity index (χ0) is 12.3. The molecule has 0 aliphatic heterocycles. The number of halogens is 1. The van der Waals surface area contributed by atoms with Gasteiger partial charge in [0.15, 0.2) is 0 Å². The molecule has 0 aliphatic rings. The van der Waals surface area contributed by atoms with Gasteiger partial charge in [-0.3, -0.25) is 0 Å². The fourth-order valence-corrected chi connectivity index (χ4v) is 1.90. The summed E-state index contributed by atoms with van der Waals surface area (Å²) in [4.78, 5) is 0. The monoisotopic (exact) mass is 230 g/mol. The predicted molar refractivity (Wildman–Crippen MR) is 67.3 cm³/mol. The molecule has 0 spiro atoms. The van der Waals surface area contributed by atoms with Crippen molar-refractivity contribution >= 4 is 0 Å². The van der Waals surface area contributed by atoms with Gasteiger partial charge in [0.1, 0.15) is 5.82 Å². The van der Waals surface area contributed by atoms with E-state index in [2.05, 4.69) is 0 Å². The van der Waals surface area contributed by atoms with Crippen LogP contribution in [-0.2, 0) is 11.3 Å². The first kappa shape index (κ1) is 11.8. The Morgan fingerprint density at radius 1 is 1.06 bits per heavy atom. The van der Waals surface area contributed by atoms with E-state index in [-0.39, 0.29) is 5.82 Å². The lowest BCUT2D eigenvalue weighted by Crippen LogP contribution is -1.88. The van der Waals surface area contributed by atoms with Crippen molar-refractivity contribution in [3.8, 4) is 11.1 Å². The predicted octanol–water partition coefficient (Wildman–Crippen LogP) is 3.95. The van der Waals surface area contributed by atoms with Crippen LogP contribution < -0.4 is 0 Å². The SMILES string of the molecule is COCc1ccc(-c2ccc(F)cc2C)cc1. The van der Waals surface area contributed by atoms with Crippen LogP contribution in [0, 0.1) is 12.7 Å². The number of hydrogen-bond acceptors (Lipinski definition) is 1. The minimum Gasteiger partial charge on any atom is -0.380 e. The van der Waals surface area contributed by atoms with Gasteiger partial charge in [0.25, 0.3) is 0 Å². The summed E-state index contributed by atoms with van der Waals surface area (Å²) in [6.07, 6.45) is 0. The summed E-state index contributed by atoms with van der Waals surface area (Å²) in [5.74, 6) is -0.192. The summed E-state index contributed by atoms with van der Waals surface area (Å²) < 4.78 is 18.1. The Morgan fingerprint density at radius 2 is 1.76 bits per heavy atom. The van der Waals surface area contributed by atoms with Crippen molar-refractivity contribution in [1.29, 1.82) is 0 Å². The molecular formula is C15H15FO. The van der Waals surface area contributed by atoms with Crippen molar-refractivity contribution in [2.45, 2.75) is 13.5 Å². The minimum absolute atomic E-state index is 0.192. The molecule has 0 saturated carbocycles. The highest BCUT2D eigenvalue weighted by molar-refractivity contribution is 5.67. The van der Waals surface area contributed by atoms with Gasteiger partial charge in [0.05, 0.1) is 6.61 Å². The van der Waals surface area contributed by atoms with Gasteiger partial charge in [-0.15, -0.1) is 0 Å². The van der Waals surface area contributed by atoms with Crippen LogP contribution in [0.3, 0.4) is 0 Å². The second-order valence-electron chi connectivity index (χ2n) is 4.09. The maximum atomic E-state index is 13.0. The highest BCUT2D eigenvalue weighted by Gasteiger charge is 2.03. The number of benzene rings is 2. The lowest BCUT2D eigenvalue weighted by Gasteiger charge is -2.07. The Kier molecular flexibility index (Phi) is 3.55. The number of ether oxygens (including phenoxy) is 1. The van der Waals surface area contributed by atoms with Crippen LogP contribution in [0.1, 0.15) is 11.1 Å². The molecule has 88 valence electrons. The van der Waals surface area contributed by atoms with Gasteiger partial charge in [-0.25, -0.2) is 4.39 Å². The van der Waals surface area contributed by atoms with Gasteiger partial charge < -0.3 is 4.74 Å². The lowest BCUT2D eigenvalue weighted by molar-refractivity contribution is 0.185. The highest BCUT2D eigenvalue weighted by atomic mass is 19.1. The molecule has 0 aromatic heterocycles. The maximum Gasteiger partial charge on any atom is 0.123 e. The van der Waals surface area contributed by atoms with E-state index in [1.807, 2.05) is 37.3 Å². The summed E-state index contributed by atoms with van der Waals surface area (Å²) in [5.41, 5.74) is 4.25. The van der Waals surface area contributed by atoms with E-state index in [9.17, 15) is 4.39 Å². The molecule has 17 heavy (non-hydrogen) atoms. The average Bonchev–Trinajstić information content (AvgIpc) is 2.31. The van der Waals surface area contributed by atoms with Crippen LogP contribution in [0.15, 0.2) is 42.5 Å². The molecular weight excluding hydrogens is 215 g/mol. The average molecular weight is 230 g/mol. The fraction of sp³-hybridized carbons (Fsp3) is 0.200. The van der Waals surface area contributed by atoms with Crippen molar-refractivity contribution in [2.75, 3.05) is 7.11 Å². The Bertz CT molecular complexity index is 503. The van der Waals surface area contributed by atoms with Crippen molar-refractivity contribution in [3.63, 3.8) is 0 Å². The van der Waals surface area contributed by atoms with Crippen molar-refractivity contribution in [3.05, 3.63) is 59.4 Å². The lowest BCUT2D eigenvalue weighted by atomic mass is 9.99. The van der Waals surface area contributed by atoms with Gasteiger partial charge in [0.2, 0.25) is 0 Å². The highest BCUT2D eigenvalue weighted by Crippen LogP contribution is 2.24. The van der Waals surface area contributed by atoms with Crippen molar-refractivity contribution in [2.24, 2.45) is 0 Å². The fourth-order valence-electron chi connectivity index (χ4n) is 1.90. The van der Waals surface area contributed by atoms with E-state index in [0.717, 1.165) is 22.3 Å². The zero-order valence-electron chi connectivity index (χ0n) is 10.0. The quantitative estimate of drug-likeness (QED) is 0.775. The van der Waals surface area contributed by atoms with E-state index in [0.29, 0.717) is 6.61 Å². The molecule has 1 nitrogen and oxygen atoms in total. The summed E-state index contributed by atoms with van der Waals surface area (Å²) in [5, 5.41) is 0. The van der Waals surface area contributed by atoms with Crippen LogP contribution in [0.25, 0.3) is 11.1 Å². The van der Waals surface area contributed by atoms with Crippen LogP contribution in [0.4, 0.5) is 4.39 Å². The Morgan fingerprint density at radius 3 is 2.35 bits per heavy atom. The zero-order valence-corrected chi connectivity index (χ0v) is 10.0. The maximum absolute atomic E-state index is 13.0. The van der Waals surface area contributed by atoms with Crippen LogP contribution in [0.2, 0.25) is 0 Å². The third kappa shape index (κ3) is 2.71. The van der Waals surface area contributed by atoms with Crippen molar-refractivity contribution in [1.82, 2.24) is 0 Å². The van der Waals surface area contributed by atoms with E-state index >= 15 is 0 Å². The van der Waals surface area contributed by atoms with E-state index in [1.165, 1.54) is 6.07 Å².